The molecule has 0 aliphatic rings. The molecule has 0 bridgehead atoms. The van der Waals surface area contributed by atoms with Gasteiger partial charge in [0.25, 0.3) is 0 Å². The minimum atomic E-state index is 0.0933. The topological polar surface area (TPSA) is 40.6 Å². The number of carbonyl (C=O) groups is 2. The molecule has 0 spiro atoms. The number of hydrogen-bond acceptors (Lipinski definition) is 9. The molecule has 0 aromatic carbocycles. The summed E-state index contributed by atoms with van der Waals surface area (Å²) < 4.78 is 3.34. The molecule has 0 aromatic rings. The van der Waals surface area contributed by atoms with Gasteiger partial charge in [-0.05, 0) is 47.8 Å². The van der Waals surface area contributed by atoms with Crippen molar-refractivity contribution in [3.05, 3.63) is 0 Å². The first-order valence-electron chi connectivity index (χ1n) is 5.78. The second kappa shape index (κ2) is 14.9. The van der Waals surface area contributed by atoms with Gasteiger partial charge in [0.1, 0.15) is 0 Å². The van der Waals surface area contributed by atoms with Gasteiger partial charge in [-0.1, -0.05) is 23.5 Å². The predicted molar refractivity (Wildman–Crippen MR) is 111 cm³/mol. The van der Waals surface area contributed by atoms with Crippen molar-refractivity contribution in [1.29, 1.82) is 0 Å². The quantitative estimate of drug-likeness (QED) is 0.350. The van der Waals surface area contributed by atoms with Crippen molar-refractivity contribution in [1.82, 2.24) is 7.42 Å². The lowest BCUT2D eigenvalue weighted by atomic mass is 10.9. The van der Waals surface area contributed by atoms with Crippen LogP contribution in [0.15, 0.2) is 0 Å². The molecule has 0 saturated carbocycles. The van der Waals surface area contributed by atoms with Crippen molar-refractivity contribution in [3.8, 4) is 0 Å². The normalized spacial score (nSPS) is 10.5. The fourth-order valence-electron chi connectivity index (χ4n) is 1.03. The maximum atomic E-state index is 11.7. The van der Waals surface area contributed by atoms with Gasteiger partial charge in [0, 0.05) is 48.0 Å². The first-order valence-corrected chi connectivity index (χ1v) is 13.6. The zero-order valence-corrected chi connectivity index (χ0v) is 18.1. The van der Waals surface area contributed by atoms with Crippen LogP contribution in [0.2, 0.25) is 0 Å². The average Bonchev–Trinajstić information content (AvgIpc) is 2.48. The molecule has 4 nitrogen and oxygen atoms in total. The monoisotopic (exact) mass is 424 g/mol. The largest absolute Gasteiger partial charge is 0.301 e. The molecule has 0 unspecified atom stereocenters. The van der Waals surface area contributed by atoms with Gasteiger partial charge >= 0.3 is 10.5 Å². The number of carbonyl (C=O) groups excluding carboxylic acids is 2. The minimum absolute atomic E-state index is 0.0933. The smallest absolute Gasteiger partial charge is 0.260 e. The average molecular weight is 425 g/mol. The van der Waals surface area contributed by atoms with Gasteiger partial charge in [0.05, 0.1) is 0 Å². The van der Waals surface area contributed by atoms with E-state index in [1.807, 2.05) is 25.0 Å². The summed E-state index contributed by atoms with van der Waals surface area (Å²) in [6.45, 7) is 0. The molecular weight excluding hydrogens is 405 g/mol. The molecule has 0 fully saturated rings. The highest BCUT2D eigenvalue weighted by atomic mass is 32.2. The standard InChI is InChI=1S/C10H20N2O2S7/c1-15-11(16-2)9(13)20-7-5-19-6-8-21-10(14)12(17-3)18-4/h5-8H2,1-4H3. The highest BCUT2D eigenvalue weighted by molar-refractivity contribution is 8.20. The Morgan fingerprint density at radius 2 is 1.00 bits per heavy atom. The predicted octanol–water partition coefficient (Wildman–Crippen LogP) is 5.14. The number of amides is 2. The van der Waals surface area contributed by atoms with Crippen LogP contribution in [0.4, 0.5) is 9.59 Å². The summed E-state index contributed by atoms with van der Waals surface area (Å²) in [5.41, 5.74) is 0. The Morgan fingerprint density at radius 3 is 1.29 bits per heavy atom. The molecule has 2 amide bonds. The van der Waals surface area contributed by atoms with Gasteiger partial charge in [0.15, 0.2) is 0 Å². The summed E-state index contributed by atoms with van der Waals surface area (Å²) >= 11 is 10.2. The van der Waals surface area contributed by atoms with Crippen LogP contribution < -0.4 is 0 Å². The maximum Gasteiger partial charge on any atom is 0.301 e. The summed E-state index contributed by atoms with van der Waals surface area (Å²) in [4.78, 5) is 23.4. The zero-order valence-electron chi connectivity index (χ0n) is 12.4. The van der Waals surface area contributed by atoms with E-state index >= 15 is 0 Å². The third kappa shape index (κ3) is 10.7. The zero-order chi connectivity index (χ0) is 16.1. The first kappa shape index (κ1) is 22.4. The van der Waals surface area contributed by atoms with Gasteiger partial charge in [-0.25, -0.2) is 7.42 Å². The summed E-state index contributed by atoms with van der Waals surface area (Å²) in [6.07, 6.45) is 7.57. The maximum absolute atomic E-state index is 11.7. The molecule has 0 aliphatic heterocycles. The van der Waals surface area contributed by atoms with Crippen LogP contribution >= 0.6 is 83.1 Å². The molecule has 0 aliphatic carbocycles. The van der Waals surface area contributed by atoms with Gasteiger partial charge in [0.2, 0.25) is 0 Å². The number of thioether (sulfide) groups is 3. The fraction of sp³-hybridized carbons (Fsp3) is 0.800. The van der Waals surface area contributed by atoms with Gasteiger partial charge in [-0.3, -0.25) is 9.59 Å². The van der Waals surface area contributed by atoms with E-state index in [1.54, 1.807) is 19.2 Å². The Labute approximate surface area is 157 Å². The van der Waals surface area contributed by atoms with Crippen LogP contribution in [0.25, 0.3) is 0 Å². The molecule has 21 heavy (non-hydrogen) atoms. The molecule has 0 radical (unpaired) electrons. The van der Waals surface area contributed by atoms with Crippen LogP contribution in [-0.2, 0) is 0 Å². The molecule has 0 atom stereocenters. The minimum Gasteiger partial charge on any atom is -0.260 e. The van der Waals surface area contributed by atoms with Crippen LogP contribution in [0, 0.1) is 0 Å². The van der Waals surface area contributed by atoms with Crippen LogP contribution in [0.5, 0.6) is 0 Å². The van der Waals surface area contributed by atoms with Gasteiger partial charge < -0.3 is 0 Å². The third-order valence-corrected chi connectivity index (χ3v) is 9.29. The lowest BCUT2D eigenvalue weighted by Crippen LogP contribution is -2.12. The SMILES string of the molecule is CSN(SC)C(=O)SCCSCCSC(=O)N(SC)SC. The van der Waals surface area contributed by atoms with E-state index in [0.29, 0.717) is 0 Å². The molecule has 0 aromatic heterocycles. The number of rotatable bonds is 10. The summed E-state index contributed by atoms with van der Waals surface area (Å²) in [5.74, 6) is 3.47. The van der Waals surface area contributed by atoms with E-state index in [4.69, 9.17) is 0 Å². The van der Waals surface area contributed by atoms with Crippen LogP contribution in [-0.4, -0.2) is 65.9 Å². The second-order valence-corrected chi connectivity index (χ2v) is 9.79. The molecule has 0 heterocycles. The highest BCUT2D eigenvalue weighted by Gasteiger charge is 2.13. The van der Waals surface area contributed by atoms with Crippen molar-refractivity contribution < 1.29 is 9.59 Å². The lowest BCUT2D eigenvalue weighted by molar-refractivity contribution is 0.258. The Bertz CT molecular complexity index is 273. The van der Waals surface area contributed by atoms with E-state index in [2.05, 4.69) is 0 Å². The Kier molecular flexibility index (Phi) is 15.9. The van der Waals surface area contributed by atoms with E-state index in [-0.39, 0.29) is 10.5 Å². The van der Waals surface area contributed by atoms with Crippen molar-refractivity contribution in [3.63, 3.8) is 0 Å². The Balaban J connectivity index is 3.57. The van der Waals surface area contributed by atoms with Crippen molar-refractivity contribution >= 4 is 93.6 Å². The molecule has 0 N–H and O–H groups in total. The molecule has 0 rings (SSSR count). The van der Waals surface area contributed by atoms with E-state index in [1.165, 1.54) is 71.3 Å². The summed E-state index contributed by atoms with van der Waals surface area (Å²) in [6, 6.07) is 0. The third-order valence-electron chi connectivity index (χ3n) is 1.87. The van der Waals surface area contributed by atoms with E-state index in [9.17, 15) is 9.59 Å². The van der Waals surface area contributed by atoms with E-state index in [0.717, 1.165) is 23.0 Å². The molecule has 11 heteroatoms. The first-order chi connectivity index (χ1) is 10.1. The Hall–Kier alpha value is 1.39. The molecular formula is C10H20N2O2S7. The molecule has 124 valence electrons. The van der Waals surface area contributed by atoms with Crippen LogP contribution in [0.1, 0.15) is 0 Å². The second-order valence-electron chi connectivity index (χ2n) is 3.09. The lowest BCUT2D eigenvalue weighted by Gasteiger charge is -2.14. The van der Waals surface area contributed by atoms with Gasteiger partial charge in [-0.15, -0.1) is 0 Å². The van der Waals surface area contributed by atoms with Crippen molar-refractivity contribution in [2.24, 2.45) is 0 Å². The van der Waals surface area contributed by atoms with Crippen molar-refractivity contribution in [2.45, 2.75) is 0 Å². The van der Waals surface area contributed by atoms with Crippen LogP contribution in [0.3, 0.4) is 0 Å². The Morgan fingerprint density at radius 1 is 0.667 bits per heavy atom. The van der Waals surface area contributed by atoms with Gasteiger partial charge in [-0.2, -0.15) is 11.8 Å². The summed E-state index contributed by atoms with van der Waals surface area (Å²) in [5, 5.41) is 0.187. The molecule has 0 saturated heterocycles. The highest BCUT2D eigenvalue weighted by Crippen LogP contribution is 2.25. The fourth-order valence-corrected chi connectivity index (χ4v) is 6.72. The number of hydrogen-bond donors (Lipinski definition) is 0. The van der Waals surface area contributed by atoms with Crippen molar-refractivity contribution in [2.75, 3.05) is 48.0 Å². The van der Waals surface area contributed by atoms with E-state index < -0.39 is 0 Å². The number of nitrogens with zero attached hydrogens (tertiary/aromatic N) is 2. The summed E-state index contributed by atoms with van der Waals surface area (Å²) in [7, 11) is 0.